The number of ether oxygens (including phenoxy) is 2. The lowest BCUT2D eigenvalue weighted by Gasteiger charge is -2.26. The molecule has 1 aliphatic rings. The number of nitrogens with one attached hydrogen (secondary N) is 1. The van der Waals surface area contributed by atoms with E-state index in [2.05, 4.69) is 10.2 Å². The molecule has 5 nitrogen and oxygen atoms in total. The summed E-state index contributed by atoms with van der Waals surface area (Å²) in [6, 6.07) is 14.1. The van der Waals surface area contributed by atoms with Crippen LogP contribution >= 0.6 is 0 Å². The van der Waals surface area contributed by atoms with E-state index >= 15 is 0 Å². The van der Waals surface area contributed by atoms with Crippen molar-refractivity contribution in [2.24, 2.45) is 0 Å². The number of halogens is 1. The van der Waals surface area contributed by atoms with Gasteiger partial charge in [0.2, 0.25) is 5.91 Å². The average Bonchev–Trinajstić information content (AvgIpc) is 2.72. The van der Waals surface area contributed by atoms with E-state index in [0.717, 1.165) is 49.7 Å². The third-order valence-electron chi connectivity index (χ3n) is 4.70. The maximum absolute atomic E-state index is 13.2. The highest BCUT2D eigenvalue weighted by Gasteiger charge is 2.10. The summed E-state index contributed by atoms with van der Waals surface area (Å²) in [6.45, 7) is 5.43. The summed E-state index contributed by atoms with van der Waals surface area (Å²) in [5.41, 5.74) is 1.81. The van der Waals surface area contributed by atoms with Crippen molar-refractivity contribution >= 4 is 5.91 Å². The first-order chi connectivity index (χ1) is 13.7. The molecule has 0 unspecified atom stereocenters. The summed E-state index contributed by atoms with van der Waals surface area (Å²) in [4.78, 5) is 14.4. The van der Waals surface area contributed by atoms with Gasteiger partial charge in [0.05, 0.1) is 13.2 Å². The number of carbonyl (C=O) groups excluding carboxylic acids is 1. The van der Waals surface area contributed by atoms with Gasteiger partial charge < -0.3 is 14.8 Å². The second kappa shape index (κ2) is 10.8. The van der Waals surface area contributed by atoms with Crippen LogP contribution in [0.1, 0.15) is 17.5 Å². The van der Waals surface area contributed by atoms with Crippen LogP contribution in [-0.2, 0) is 22.5 Å². The molecule has 6 heteroatoms. The first kappa shape index (κ1) is 20.3. The molecule has 0 spiro atoms. The van der Waals surface area contributed by atoms with Crippen molar-refractivity contribution in [3.8, 4) is 5.75 Å². The molecule has 1 fully saturated rings. The molecule has 1 N–H and O–H groups in total. The van der Waals surface area contributed by atoms with Gasteiger partial charge in [0.25, 0.3) is 0 Å². The molecule has 1 saturated heterocycles. The van der Waals surface area contributed by atoms with Gasteiger partial charge >= 0.3 is 0 Å². The number of hydrogen-bond acceptors (Lipinski definition) is 4. The lowest BCUT2D eigenvalue weighted by molar-refractivity contribution is -0.121. The monoisotopic (exact) mass is 386 g/mol. The van der Waals surface area contributed by atoms with E-state index in [1.807, 2.05) is 30.3 Å². The number of rotatable bonds is 9. The van der Waals surface area contributed by atoms with Gasteiger partial charge in [-0.1, -0.05) is 24.3 Å². The van der Waals surface area contributed by atoms with E-state index in [9.17, 15) is 9.18 Å². The third kappa shape index (κ3) is 6.94. The summed E-state index contributed by atoms with van der Waals surface area (Å²) in [6.07, 6.45) is 0.855. The predicted octanol–water partition coefficient (Wildman–Crippen LogP) is 2.79. The molecule has 1 heterocycles. The Labute approximate surface area is 165 Å². The van der Waals surface area contributed by atoms with Gasteiger partial charge in [-0.2, -0.15) is 0 Å². The summed E-state index contributed by atoms with van der Waals surface area (Å²) >= 11 is 0. The Balaban J connectivity index is 1.38. The van der Waals surface area contributed by atoms with Crippen LogP contribution < -0.4 is 10.1 Å². The van der Waals surface area contributed by atoms with E-state index in [0.29, 0.717) is 26.0 Å². The second-order valence-corrected chi connectivity index (χ2v) is 6.86. The van der Waals surface area contributed by atoms with Crippen molar-refractivity contribution in [1.29, 1.82) is 0 Å². The van der Waals surface area contributed by atoms with E-state index in [-0.39, 0.29) is 11.7 Å². The van der Waals surface area contributed by atoms with Crippen molar-refractivity contribution in [1.82, 2.24) is 10.2 Å². The van der Waals surface area contributed by atoms with Crippen LogP contribution in [0.2, 0.25) is 0 Å². The Morgan fingerprint density at radius 2 is 1.89 bits per heavy atom. The molecule has 0 aliphatic carbocycles. The van der Waals surface area contributed by atoms with Gasteiger partial charge in [0.1, 0.15) is 18.2 Å². The van der Waals surface area contributed by atoms with E-state index < -0.39 is 0 Å². The zero-order valence-corrected chi connectivity index (χ0v) is 16.0. The minimum atomic E-state index is -0.275. The van der Waals surface area contributed by atoms with Gasteiger partial charge in [0.15, 0.2) is 0 Å². The lowest BCUT2D eigenvalue weighted by Crippen LogP contribution is -2.38. The molecule has 28 heavy (non-hydrogen) atoms. The molecular weight excluding hydrogens is 359 g/mol. The Kier molecular flexibility index (Phi) is 7.82. The molecule has 2 aromatic rings. The molecular formula is C22H27FN2O3. The minimum absolute atomic E-state index is 0.0529. The number of nitrogens with zero attached hydrogens (tertiary/aromatic N) is 1. The van der Waals surface area contributed by atoms with E-state index in [1.165, 1.54) is 12.1 Å². The molecule has 0 aromatic heterocycles. The van der Waals surface area contributed by atoms with Crippen molar-refractivity contribution in [2.75, 3.05) is 39.5 Å². The molecule has 0 radical (unpaired) electrons. The van der Waals surface area contributed by atoms with Crippen molar-refractivity contribution in [3.05, 3.63) is 65.5 Å². The van der Waals surface area contributed by atoms with Crippen LogP contribution in [0.3, 0.4) is 0 Å². The van der Waals surface area contributed by atoms with Crippen LogP contribution in [0.15, 0.2) is 48.5 Å². The molecule has 1 amide bonds. The number of hydrogen-bond donors (Lipinski definition) is 1. The fourth-order valence-electron chi connectivity index (χ4n) is 3.10. The normalized spacial score (nSPS) is 14.6. The Bertz CT molecular complexity index is 763. The largest absolute Gasteiger partial charge is 0.492 e. The van der Waals surface area contributed by atoms with Gasteiger partial charge in [-0.3, -0.25) is 9.69 Å². The van der Waals surface area contributed by atoms with Crippen LogP contribution in [0.5, 0.6) is 5.75 Å². The number of aryl methyl sites for hydroxylation is 1. The van der Waals surface area contributed by atoms with E-state index in [4.69, 9.17) is 9.47 Å². The molecule has 0 bridgehead atoms. The SMILES string of the molecule is O=C(CCc1cccc(F)c1)NCc1cccc(OCCN2CCOCC2)c1. The maximum atomic E-state index is 13.2. The summed E-state index contributed by atoms with van der Waals surface area (Å²) in [5.74, 6) is 0.478. The second-order valence-electron chi connectivity index (χ2n) is 6.86. The van der Waals surface area contributed by atoms with Gasteiger partial charge in [-0.15, -0.1) is 0 Å². The maximum Gasteiger partial charge on any atom is 0.220 e. The molecule has 0 saturated carbocycles. The smallest absolute Gasteiger partial charge is 0.220 e. The molecule has 2 aromatic carbocycles. The van der Waals surface area contributed by atoms with Crippen molar-refractivity contribution < 1.29 is 18.7 Å². The Hall–Kier alpha value is -2.44. The number of carbonyl (C=O) groups is 1. The molecule has 1 aliphatic heterocycles. The van der Waals surface area contributed by atoms with E-state index in [1.54, 1.807) is 6.07 Å². The predicted molar refractivity (Wildman–Crippen MR) is 106 cm³/mol. The lowest BCUT2D eigenvalue weighted by atomic mass is 10.1. The van der Waals surface area contributed by atoms with Crippen LogP contribution in [0.25, 0.3) is 0 Å². The van der Waals surface area contributed by atoms with Crippen LogP contribution in [-0.4, -0.2) is 50.3 Å². The first-order valence-electron chi connectivity index (χ1n) is 9.72. The van der Waals surface area contributed by atoms with Crippen LogP contribution in [0.4, 0.5) is 4.39 Å². The number of benzene rings is 2. The van der Waals surface area contributed by atoms with Crippen LogP contribution in [0, 0.1) is 5.82 Å². The third-order valence-corrected chi connectivity index (χ3v) is 4.70. The summed E-state index contributed by atoms with van der Waals surface area (Å²) in [7, 11) is 0. The van der Waals surface area contributed by atoms with Crippen molar-refractivity contribution in [2.45, 2.75) is 19.4 Å². The number of amides is 1. The number of morpholine rings is 1. The Morgan fingerprint density at radius 1 is 1.11 bits per heavy atom. The zero-order valence-electron chi connectivity index (χ0n) is 16.0. The highest BCUT2D eigenvalue weighted by molar-refractivity contribution is 5.76. The molecule has 0 atom stereocenters. The first-order valence-corrected chi connectivity index (χ1v) is 9.72. The van der Waals surface area contributed by atoms with Gasteiger partial charge in [0, 0.05) is 32.6 Å². The van der Waals surface area contributed by atoms with Crippen molar-refractivity contribution in [3.63, 3.8) is 0 Å². The molecule has 3 rings (SSSR count). The van der Waals surface area contributed by atoms with Gasteiger partial charge in [-0.25, -0.2) is 4.39 Å². The average molecular weight is 386 g/mol. The highest BCUT2D eigenvalue weighted by atomic mass is 19.1. The summed E-state index contributed by atoms with van der Waals surface area (Å²) in [5, 5.41) is 2.91. The zero-order chi connectivity index (χ0) is 19.6. The molecule has 150 valence electrons. The topological polar surface area (TPSA) is 50.8 Å². The standard InChI is InChI=1S/C22H27FN2O3/c23-20-5-1-3-18(15-20)7-8-22(26)24-17-19-4-2-6-21(16-19)28-14-11-25-9-12-27-13-10-25/h1-6,15-16H,7-14,17H2,(H,24,26). The quantitative estimate of drug-likeness (QED) is 0.720. The van der Waals surface area contributed by atoms with Gasteiger partial charge in [-0.05, 0) is 41.8 Å². The Morgan fingerprint density at radius 3 is 2.71 bits per heavy atom. The fraction of sp³-hybridized carbons (Fsp3) is 0.409. The summed E-state index contributed by atoms with van der Waals surface area (Å²) < 4.78 is 24.4. The highest BCUT2D eigenvalue weighted by Crippen LogP contribution is 2.13. The minimum Gasteiger partial charge on any atom is -0.492 e. The fourth-order valence-corrected chi connectivity index (χ4v) is 3.10.